The number of rotatable bonds is 3. The average Bonchev–Trinajstić information content (AvgIpc) is 2.53. The largest absolute Gasteiger partial charge is 0.497 e. The van der Waals surface area contributed by atoms with Crippen molar-refractivity contribution in [2.45, 2.75) is 38.3 Å². The summed E-state index contributed by atoms with van der Waals surface area (Å²) in [6.07, 6.45) is 5.47. The molecular weight excluding hydrogens is 262 g/mol. The van der Waals surface area contributed by atoms with E-state index in [2.05, 4.69) is 28.9 Å². The second-order valence-electron chi connectivity index (χ2n) is 5.80. The molecule has 0 spiro atoms. The summed E-state index contributed by atoms with van der Waals surface area (Å²) in [7, 11) is 1.70. The van der Waals surface area contributed by atoms with E-state index in [4.69, 9.17) is 10.5 Å². The molecular formula is C17H23N3O. The van der Waals surface area contributed by atoms with Crippen molar-refractivity contribution in [1.82, 2.24) is 4.98 Å². The number of pyridine rings is 1. The lowest BCUT2D eigenvalue weighted by Crippen LogP contribution is -2.49. The van der Waals surface area contributed by atoms with Crippen molar-refractivity contribution in [2.75, 3.05) is 18.6 Å². The topological polar surface area (TPSA) is 51.4 Å². The van der Waals surface area contributed by atoms with E-state index in [0.717, 1.165) is 23.4 Å². The number of hydrogen-bond acceptors (Lipinski definition) is 4. The normalized spacial score (nSPS) is 22.5. The fourth-order valence-corrected chi connectivity index (χ4v) is 3.36. The highest BCUT2D eigenvalue weighted by atomic mass is 16.5. The summed E-state index contributed by atoms with van der Waals surface area (Å²) in [4.78, 5) is 7.08. The minimum absolute atomic E-state index is 0.373. The highest BCUT2D eigenvalue weighted by Gasteiger charge is 2.29. The summed E-state index contributed by atoms with van der Waals surface area (Å²) in [5.41, 5.74) is 6.00. The summed E-state index contributed by atoms with van der Waals surface area (Å²) < 4.78 is 5.37. The second-order valence-corrected chi connectivity index (χ2v) is 5.80. The maximum atomic E-state index is 6.00. The monoisotopic (exact) mass is 285 g/mol. The zero-order chi connectivity index (χ0) is 14.8. The second kappa shape index (κ2) is 5.90. The lowest BCUT2D eigenvalue weighted by Gasteiger charge is -2.41. The molecule has 0 saturated carbocycles. The van der Waals surface area contributed by atoms with Gasteiger partial charge in [0.2, 0.25) is 0 Å². The molecule has 2 heterocycles. The first-order valence-corrected chi connectivity index (χ1v) is 7.65. The summed E-state index contributed by atoms with van der Waals surface area (Å²) in [6.45, 7) is 2.94. The Balaban J connectivity index is 2.13. The van der Waals surface area contributed by atoms with Gasteiger partial charge in [-0.2, -0.15) is 0 Å². The molecule has 4 nitrogen and oxygen atoms in total. The molecule has 1 aliphatic heterocycles. The van der Waals surface area contributed by atoms with Crippen LogP contribution in [0.25, 0.3) is 10.8 Å². The van der Waals surface area contributed by atoms with E-state index in [1.54, 1.807) is 7.11 Å². The third-order valence-corrected chi connectivity index (χ3v) is 4.50. The van der Waals surface area contributed by atoms with Crippen LogP contribution in [0, 0.1) is 0 Å². The highest BCUT2D eigenvalue weighted by Crippen LogP contribution is 2.34. The Morgan fingerprint density at radius 1 is 1.33 bits per heavy atom. The Morgan fingerprint density at radius 2 is 2.19 bits per heavy atom. The zero-order valence-electron chi connectivity index (χ0n) is 12.7. The van der Waals surface area contributed by atoms with Crippen LogP contribution in [0.2, 0.25) is 0 Å². The van der Waals surface area contributed by atoms with Crippen molar-refractivity contribution in [3.8, 4) is 5.75 Å². The van der Waals surface area contributed by atoms with Gasteiger partial charge in [0.25, 0.3) is 0 Å². The van der Waals surface area contributed by atoms with Crippen LogP contribution in [0.15, 0.2) is 30.5 Å². The molecule has 1 aromatic heterocycles. The number of nitrogens with two attached hydrogens (primary N) is 1. The fourth-order valence-electron chi connectivity index (χ4n) is 3.36. The minimum atomic E-state index is 0.373. The number of fused-ring (bicyclic) bond motifs is 1. The Morgan fingerprint density at radius 3 is 2.95 bits per heavy atom. The molecule has 0 aliphatic carbocycles. The van der Waals surface area contributed by atoms with Crippen molar-refractivity contribution in [2.24, 2.45) is 5.73 Å². The van der Waals surface area contributed by atoms with Crippen LogP contribution in [0.4, 0.5) is 5.82 Å². The SMILES string of the molecule is COc1ccc2ccnc(N3C(C)CCCC3CN)c2c1. The van der Waals surface area contributed by atoms with Crippen molar-refractivity contribution >= 4 is 16.6 Å². The predicted molar refractivity (Wildman–Crippen MR) is 86.9 cm³/mol. The van der Waals surface area contributed by atoms with Crippen molar-refractivity contribution < 1.29 is 4.74 Å². The van der Waals surface area contributed by atoms with E-state index in [-0.39, 0.29) is 0 Å². The Bertz CT molecular complexity index is 628. The lowest BCUT2D eigenvalue weighted by atomic mass is 9.95. The number of nitrogens with zero attached hydrogens (tertiary/aromatic N) is 2. The maximum Gasteiger partial charge on any atom is 0.137 e. The maximum absolute atomic E-state index is 6.00. The van der Waals surface area contributed by atoms with Gasteiger partial charge in [0.05, 0.1) is 7.11 Å². The van der Waals surface area contributed by atoms with Gasteiger partial charge in [0.1, 0.15) is 11.6 Å². The molecule has 112 valence electrons. The molecule has 2 aromatic rings. The van der Waals surface area contributed by atoms with E-state index in [1.165, 1.54) is 18.2 Å². The van der Waals surface area contributed by atoms with Crippen molar-refractivity contribution in [3.05, 3.63) is 30.5 Å². The molecule has 2 N–H and O–H groups in total. The molecule has 0 radical (unpaired) electrons. The number of aromatic nitrogens is 1. The van der Waals surface area contributed by atoms with Gasteiger partial charge in [-0.25, -0.2) is 4.98 Å². The van der Waals surface area contributed by atoms with Gasteiger partial charge < -0.3 is 15.4 Å². The van der Waals surface area contributed by atoms with Gasteiger partial charge in [-0.05, 0) is 49.8 Å². The smallest absolute Gasteiger partial charge is 0.137 e. The third kappa shape index (κ3) is 2.56. The number of anilines is 1. The molecule has 1 aliphatic rings. The number of methoxy groups -OCH3 is 1. The first-order chi connectivity index (χ1) is 10.2. The summed E-state index contributed by atoms with van der Waals surface area (Å²) in [5, 5.41) is 2.33. The van der Waals surface area contributed by atoms with Crippen LogP contribution in [0.3, 0.4) is 0 Å². The first-order valence-electron chi connectivity index (χ1n) is 7.65. The molecule has 3 rings (SSSR count). The standard InChI is InChI=1S/C17H23N3O/c1-12-4-3-5-14(11-18)20(12)17-16-10-15(21-2)7-6-13(16)8-9-19-17/h6-10,12,14H,3-5,11,18H2,1-2H3. The average molecular weight is 285 g/mol. The number of benzene rings is 1. The quantitative estimate of drug-likeness (QED) is 0.942. The summed E-state index contributed by atoms with van der Waals surface area (Å²) in [6, 6.07) is 9.05. The van der Waals surface area contributed by atoms with Crippen LogP contribution in [-0.2, 0) is 0 Å². The van der Waals surface area contributed by atoms with Crippen LogP contribution in [0.1, 0.15) is 26.2 Å². The summed E-state index contributed by atoms with van der Waals surface area (Å²) >= 11 is 0. The van der Waals surface area contributed by atoms with Crippen LogP contribution in [-0.4, -0.2) is 30.7 Å². The molecule has 1 fully saturated rings. The molecule has 1 aromatic carbocycles. The molecule has 4 heteroatoms. The zero-order valence-corrected chi connectivity index (χ0v) is 12.7. The highest BCUT2D eigenvalue weighted by molar-refractivity contribution is 5.93. The van der Waals surface area contributed by atoms with Gasteiger partial charge in [-0.15, -0.1) is 0 Å². The van der Waals surface area contributed by atoms with Crippen LogP contribution < -0.4 is 15.4 Å². The lowest BCUT2D eigenvalue weighted by molar-refractivity contribution is 0.398. The van der Waals surface area contributed by atoms with E-state index >= 15 is 0 Å². The van der Waals surface area contributed by atoms with E-state index < -0.39 is 0 Å². The van der Waals surface area contributed by atoms with Gasteiger partial charge in [0, 0.05) is 30.2 Å². The molecule has 0 bridgehead atoms. The van der Waals surface area contributed by atoms with E-state index in [1.807, 2.05) is 18.3 Å². The van der Waals surface area contributed by atoms with Gasteiger partial charge in [0.15, 0.2) is 0 Å². The summed E-state index contributed by atoms with van der Waals surface area (Å²) in [5.74, 6) is 1.90. The minimum Gasteiger partial charge on any atom is -0.497 e. The van der Waals surface area contributed by atoms with Crippen LogP contribution >= 0.6 is 0 Å². The number of hydrogen-bond donors (Lipinski definition) is 1. The van der Waals surface area contributed by atoms with E-state index in [9.17, 15) is 0 Å². The molecule has 2 unspecified atom stereocenters. The van der Waals surface area contributed by atoms with E-state index in [0.29, 0.717) is 18.6 Å². The fraction of sp³-hybridized carbons (Fsp3) is 0.471. The first kappa shape index (κ1) is 14.1. The Labute approximate surface area is 125 Å². The number of piperidine rings is 1. The molecule has 0 amide bonds. The molecule has 21 heavy (non-hydrogen) atoms. The molecule has 1 saturated heterocycles. The van der Waals surface area contributed by atoms with Gasteiger partial charge >= 0.3 is 0 Å². The van der Waals surface area contributed by atoms with Crippen molar-refractivity contribution in [3.63, 3.8) is 0 Å². The predicted octanol–water partition coefficient (Wildman–Crippen LogP) is 2.95. The van der Waals surface area contributed by atoms with Crippen LogP contribution in [0.5, 0.6) is 5.75 Å². The van der Waals surface area contributed by atoms with Gasteiger partial charge in [-0.1, -0.05) is 6.07 Å². The van der Waals surface area contributed by atoms with Gasteiger partial charge in [-0.3, -0.25) is 0 Å². The third-order valence-electron chi connectivity index (χ3n) is 4.50. The van der Waals surface area contributed by atoms with Crippen molar-refractivity contribution in [1.29, 1.82) is 0 Å². The Hall–Kier alpha value is -1.81. The Kier molecular flexibility index (Phi) is 3.97. The molecule has 2 atom stereocenters. The number of ether oxygens (including phenoxy) is 1.